The summed E-state index contributed by atoms with van der Waals surface area (Å²) in [4.78, 5) is 15.5. The molecule has 1 unspecified atom stereocenters. The lowest BCUT2D eigenvalue weighted by atomic mass is 9.68. The van der Waals surface area contributed by atoms with Gasteiger partial charge in [-0.2, -0.15) is 0 Å². The van der Waals surface area contributed by atoms with Crippen molar-refractivity contribution in [3.63, 3.8) is 0 Å². The normalized spacial score (nSPS) is 28.5. The molecule has 3 atom stereocenters. The van der Waals surface area contributed by atoms with Crippen molar-refractivity contribution in [3.05, 3.63) is 35.9 Å². The van der Waals surface area contributed by atoms with Gasteiger partial charge in [0.2, 0.25) is 0 Å². The molecule has 0 heterocycles. The van der Waals surface area contributed by atoms with E-state index >= 15 is 0 Å². The summed E-state index contributed by atoms with van der Waals surface area (Å²) in [5.41, 5.74) is 0.797. The van der Waals surface area contributed by atoms with Crippen molar-refractivity contribution in [2.24, 2.45) is 11.8 Å². The van der Waals surface area contributed by atoms with Gasteiger partial charge in [-0.1, -0.05) is 50.6 Å². The van der Waals surface area contributed by atoms with Gasteiger partial charge in [-0.05, 0) is 56.2 Å². The van der Waals surface area contributed by atoms with E-state index in [9.17, 15) is 4.79 Å². The summed E-state index contributed by atoms with van der Waals surface area (Å²) in [6.07, 6.45) is 5.56. The van der Waals surface area contributed by atoms with Gasteiger partial charge in [-0.15, -0.1) is 0 Å². The van der Waals surface area contributed by atoms with Crippen LogP contribution in [0.4, 0.5) is 0 Å². The molecule has 0 radical (unpaired) electrons. The highest BCUT2D eigenvalue weighted by Crippen LogP contribution is 2.57. The third-order valence-electron chi connectivity index (χ3n) is 6.25. The molecule has 0 spiro atoms. The number of nitrogens with zero attached hydrogens (tertiary/aromatic N) is 1. The van der Waals surface area contributed by atoms with Crippen molar-refractivity contribution in [1.29, 1.82) is 0 Å². The third kappa shape index (κ3) is 3.23. The Balaban J connectivity index is 1.65. The summed E-state index contributed by atoms with van der Waals surface area (Å²) in [6, 6.07) is 10.4. The Morgan fingerprint density at radius 1 is 1.21 bits per heavy atom. The van der Waals surface area contributed by atoms with Crippen molar-refractivity contribution < 1.29 is 9.53 Å². The zero-order chi connectivity index (χ0) is 17.0. The first kappa shape index (κ1) is 17.5. The lowest BCUT2D eigenvalue weighted by Gasteiger charge is -2.36. The highest BCUT2D eigenvalue weighted by molar-refractivity contribution is 5.84. The maximum atomic E-state index is 13.1. The lowest BCUT2D eigenvalue weighted by Crippen LogP contribution is -2.42. The Labute approximate surface area is 146 Å². The molecule has 24 heavy (non-hydrogen) atoms. The summed E-state index contributed by atoms with van der Waals surface area (Å²) in [6.45, 7) is 8.01. The molecule has 132 valence electrons. The van der Waals surface area contributed by atoms with Gasteiger partial charge in [0.25, 0.3) is 0 Å². The summed E-state index contributed by atoms with van der Waals surface area (Å²) >= 11 is 0. The van der Waals surface area contributed by atoms with E-state index in [1.54, 1.807) is 0 Å². The van der Waals surface area contributed by atoms with Crippen molar-refractivity contribution in [3.8, 4) is 0 Å². The van der Waals surface area contributed by atoms with Gasteiger partial charge in [0.1, 0.15) is 0 Å². The van der Waals surface area contributed by atoms with Crippen molar-refractivity contribution >= 4 is 5.97 Å². The number of esters is 1. The van der Waals surface area contributed by atoms with Gasteiger partial charge in [0.05, 0.1) is 12.0 Å². The highest BCUT2D eigenvalue weighted by Gasteiger charge is 2.57. The molecule has 0 aliphatic heterocycles. The quantitative estimate of drug-likeness (QED) is 0.533. The summed E-state index contributed by atoms with van der Waals surface area (Å²) in [5.74, 6) is 1.21. The van der Waals surface area contributed by atoms with Gasteiger partial charge in [-0.25, -0.2) is 0 Å². The lowest BCUT2D eigenvalue weighted by molar-refractivity contribution is -0.153. The Kier molecular flexibility index (Phi) is 5.60. The molecule has 3 heteroatoms. The van der Waals surface area contributed by atoms with E-state index in [0.29, 0.717) is 18.4 Å². The monoisotopic (exact) mass is 329 g/mol. The van der Waals surface area contributed by atoms with Crippen molar-refractivity contribution in [2.45, 2.75) is 51.4 Å². The predicted molar refractivity (Wildman–Crippen MR) is 96.9 cm³/mol. The largest absolute Gasteiger partial charge is 0.465 e. The minimum atomic E-state index is -0.376. The number of benzene rings is 1. The van der Waals surface area contributed by atoms with Gasteiger partial charge in [0, 0.05) is 6.54 Å². The number of carbonyl (C=O) groups excluding carboxylic acids is 1. The Bertz CT molecular complexity index is 540. The van der Waals surface area contributed by atoms with Crippen LogP contribution in [0.3, 0.4) is 0 Å². The van der Waals surface area contributed by atoms with Crippen LogP contribution in [0.2, 0.25) is 0 Å². The molecular formula is C21H31NO2. The number of hydrogen-bond donors (Lipinski definition) is 0. The molecule has 2 fully saturated rings. The van der Waals surface area contributed by atoms with Crippen LogP contribution in [0.1, 0.15) is 51.5 Å². The van der Waals surface area contributed by atoms with E-state index in [-0.39, 0.29) is 11.4 Å². The van der Waals surface area contributed by atoms with Crippen LogP contribution < -0.4 is 0 Å². The second kappa shape index (κ2) is 7.69. The number of carbonyl (C=O) groups is 1. The van der Waals surface area contributed by atoms with E-state index in [0.717, 1.165) is 32.5 Å². The molecule has 3 rings (SSSR count). The average Bonchev–Trinajstić information content (AvgIpc) is 3.24. The summed E-state index contributed by atoms with van der Waals surface area (Å²) in [7, 11) is 0. The van der Waals surface area contributed by atoms with Crippen LogP contribution in [0.15, 0.2) is 30.3 Å². The van der Waals surface area contributed by atoms with Gasteiger partial charge >= 0.3 is 5.97 Å². The molecule has 3 nitrogen and oxygen atoms in total. The Hall–Kier alpha value is -1.35. The van der Waals surface area contributed by atoms with Gasteiger partial charge in [-0.3, -0.25) is 4.79 Å². The van der Waals surface area contributed by atoms with E-state index in [2.05, 4.69) is 43.0 Å². The number of hydrogen-bond acceptors (Lipinski definition) is 3. The number of rotatable bonds is 8. The van der Waals surface area contributed by atoms with Crippen LogP contribution in [0.25, 0.3) is 0 Å². The fraction of sp³-hybridized carbons (Fsp3) is 0.667. The molecule has 2 saturated carbocycles. The first-order valence-corrected chi connectivity index (χ1v) is 9.65. The molecular weight excluding hydrogens is 298 g/mol. The van der Waals surface area contributed by atoms with E-state index in [4.69, 9.17) is 4.74 Å². The maximum Gasteiger partial charge on any atom is 0.316 e. The van der Waals surface area contributed by atoms with E-state index in [1.807, 2.05) is 6.07 Å². The standard InChI is InChI=1S/C21H31NO2/c1-3-22(4-2)13-8-14-24-20(23)21(18-9-6-5-7-10-18)16-17-11-12-19(21)15-17/h5-7,9-10,17,19H,3-4,8,11-16H2,1-2H3/t17-,19+,21?/m1/s1. The van der Waals surface area contributed by atoms with E-state index in [1.165, 1.54) is 24.8 Å². The Morgan fingerprint density at radius 2 is 1.96 bits per heavy atom. The third-order valence-corrected chi connectivity index (χ3v) is 6.25. The second-order valence-corrected chi connectivity index (χ2v) is 7.43. The number of ether oxygens (including phenoxy) is 1. The number of fused-ring (bicyclic) bond motifs is 2. The van der Waals surface area contributed by atoms with Crippen molar-refractivity contribution in [2.75, 3.05) is 26.2 Å². The molecule has 0 N–H and O–H groups in total. The zero-order valence-corrected chi connectivity index (χ0v) is 15.2. The molecule has 2 bridgehead atoms. The van der Waals surface area contributed by atoms with Crippen LogP contribution in [-0.2, 0) is 14.9 Å². The fourth-order valence-corrected chi connectivity index (χ4v) is 4.91. The molecule has 2 aliphatic rings. The molecule has 1 aromatic rings. The van der Waals surface area contributed by atoms with Gasteiger partial charge in [0.15, 0.2) is 0 Å². The SMILES string of the molecule is CCN(CC)CCCOC(=O)C1(c2ccccc2)C[C@@H]2CC[C@H]1C2. The zero-order valence-electron chi connectivity index (χ0n) is 15.2. The first-order valence-electron chi connectivity index (χ1n) is 9.65. The molecule has 0 aromatic heterocycles. The van der Waals surface area contributed by atoms with Crippen LogP contribution in [0.5, 0.6) is 0 Å². The molecule has 2 aliphatic carbocycles. The second-order valence-electron chi connectivity index (χ2n) is 7.43. The fourth-order valence-electron chi connectivity index (χ4n) is 4.91. The molecule has 0 amide bonds. The maximum absolute atomic E-state index is 13.1. The predicted octanol–water partition coefficient (Wildman–Crippen LogP) is 4.02. The van der Waals surface area contributed by atoms with Crippen LogP contribution in [0, 0.1) is 11.8 Å². The summed E-state index contributed by atoms with van der Waals surface area (Å²) < 4.78 is 5.81. The first-order chi connectivity index (χ1) is 11.7. The van der Waals surface area contributed by atoms with Crippen molar-refractivity contribution in [1.82, 2.24) is 4.90 Å². The smallest absolute Gasteiger partial charge is 0.316 e. The molecule has 1 aromatic carbocycles. The highest BCUT2D eigenvalue weighted by atomic mass is 16.5. The average molecular weight is 329 g/mol. The minimum Gasteiger partial charge on any atom is -0.465 e. The van der Waals surface area contributed by atoms with Crippen LogP contribution in [-0.4, -0.2) is 37.1 Å². The van der Waals surface area contributed by atoms with Gasteiger partial charge < -0.3 is 9.64 Å². The van der Waals surface area contributed by atoms with E-state index < -0.39 is 0 Å². The molecule has 0 saturated heterocycles. The topological polar surface area (TPSA) is 29.5 Å². The summed E-state index contributed by atoms with van der Waals surface area (Å²) in [5, 5.41) is 0. The Morgan fingerprint density at radius 3 is 2.54 bits per heavy atom. The van der Waals surface area contributed by atoms with Crippen LogP contribution >= 0.6 is 0 Å². The minimum absolute atomic E-state index is 0.0282.